The largest absolute Gasteiger partial charge is 0.337 e. The fraction of sp³-hybridized carbons (Fsp3) is 0.0833. The van der Waals surface area contributed by atoms with Gasteiger partial charge in [-0.05, 0) is 65.5 Å². The third-order valence-corrected chi connectivity index (χ3v) is 7.06. The lowest BCUT2D eigenvalue weighted by Gasteiger charge is -2.06. The van der Waals surface area contributed by atoms with Crippen molar-refractivity contribution < 1.29 is 4.79 Å². The molecule has 0 fully saturated rings. The van der Waals surface area contributed by atoms with Crippen LogP contribution >= 0.6 is 23.3 Å². The summed E-state index contributed by atoms with van der Waals surface area (Å²) in [6, 6.07) is 22.7. The SMILES string of the molecule is CN1Cc2cc(-c3ccc(-c4cncc(NSc5ccccc5)c4)s3)ccc2C1=O. The van der Waals surface area contributed by atoms with Gasteiger partial charge in [-0.1, -0.05) is 24.3 Å². The zero-order valence-corrected chi connectivity index (χ0v) is 18.0. The minimum atomic E-state index is 0.104. The van der Waals surface area contributed by atoms with Crippen LogP contribution in [0.15, 0.2) is 84.0 Å². The van der Waals surface area contributed by atoms with E-state index in [4.69, 9.17) is 0 Å². The molecular formula is C24H19N3OS2. The van der Waals surface area contributed by atoms with E-state index in [0.29, 0.717) is 6.54 Å². The number of nitrogens with one attached hydrogen (secondary N) is 1. The van der Waals surface area contributed by atoms with E-state index < -0.39 is 0 Å². The fourth-order valence-corrected chi connectivity index (χ4v) is 5.13. The summed E-state index contributed by atoms with van der Waals surface area (Å²) in [5.74, 6) is 0.104. The Balaban J connectivity index is 1.36. The van der Waals surface area contributed by atoms with E-state index in [2.05, 4.69) is 46.1 Å². The number of pyridine rings is 1. The highest BCUT2D eigenvalue weighted by atomic mass is 32.2. The van der Waals surface area contributed by atoms with Gasteiger partial charge in [-0.3, -0.25) is 9.78 Å². The maximum atomic E-state index is 12.1. The van der Waals surface area contributed by atoms with E-state index in [1.165, 1.54) is 9.75 Å². The topological polar surface area (TPSA) is 45.2 Å². The number of thiophene rings is 1. The molecular weight excluding hydrogens is 410 g/mol. The molecule has 0 saturated carbocycles. The van der Waals surface area contributed by atoms with Gasteiger partial charge in [0.2, 0.25) is 0 Å². The van der Waals surface area contributed by atoms with Crippen molar-refractivity contribution in [3.8, 4) is 20.9 Å². The van der Waals surface area contributed by atoms with Gasteiger partial charge in [-0.15, -0.1) is 11.3 Å². The van der Waals surface area contributed by atoms with Crippen LogP contribution in [-0.4, -0.2) is 22.8 Å². The molecule has 5 rings (SSSR count). The standard InChI is InChI=1S/C24H19N3OS2/c1-27-15-18-11-16(7-8-21(18)24(27)28)22-9-10-23(29-22)17-12-19(14-25-13-17)26-30-20-5-3-2-4-6-20/h2-14,26H,15H2,1H3. The molecule has 2 aromatic carbocycles. The van der Waals surface area contributed by atoms with Crippen molar-refractivity contribution in [1.29, 1.82) is 0 Å². The Morgan fingerprint density at radius 1 is 0.967 bits per heavy atom. The Labute approximate surface area is 183 Å². The predicted molar refractivity (Wildman–Crippen MR) is 125 cm³/mol. The van der Waals surface area contributed by atoms with Gasteiger partial charge in [-0.25, -0.2) is 0 Å². The Kier molecular flexibility index (Phi) is 5.02. The predicted octanol–water partition coefficient (Wildman–Crippen LogP) is 6.18. The molecule has 0 bridgehead atoms. The summed E-state index contributed by atoms with van der Waals surface area (Å²) in [7, 11) is 1.84. The number of carbonyl (C=O) groups is 1. The fourth-order valence-electron chi connectivity index (χ4n) is 3.50. The maximum Gasteiger partial charge on any atom is 0.254 e. The molecule has 1 aliphatic rings. The normalized spacial score (nSPS) is 12.8. The lowest BCUT2D eigenvalue weighted by molar-refractivity contribution is 0.0816. The Morgan fingerprint density at radius 2 is 1.77 bits per heavy atom. The van der Waals surface area contributed by atoms with Crippen LogP contribution in [0.25, 0.3) is 20.9 Å². The smallest absolute Gasteiger partial charge is 0.254 e. The third-order valence-electron chi connectivity index (χ3n) is 5.03. The number of amides is 1. The van der Waals surface area contributed by atoms with E-state index >= 15 is 0 Å². The highest BCUT2D eigenvalue weighted by Gasteiger charge is 2.24. The number of nitrogens with zero attached hydrogens (tertiary/aromatic N) is 2. The molecule has 6 heteroatoms. The van der Waals surface area contributed by atoms with E-state index in [-0.39, 0.29) is 5.91 Å². The molecule has 1 aliphatic heterocycles. The summed E-state index contributed by atoms with van der Waals surface area (Å²) in [6.45, 7) is 0.678. The van der Waals surface area contributed by atoms with Gasteiger partial charge in [0.1, 0.15) is 0 Å². The third kappa shape index (κ3) is 3.72. The lowest BCUT2D eigenvalue weighted by atomic mass is 10.1. The summed E-state index contributed by atoms with van der Waals surface area (Å²) >= 11 is 3.31. The zero-order valence-electron chi connectivity index (χ0n) is 16.3. The van der Waals surface area contributed by atoms with Crippen molar-refractivity contribution in [2.24, 2.45) is 0 Å². The highest BCUT2D eigenvalue weighted by Crippen LogP contribution is 2.37. The van der Waals surface area contributed by atoms with Gasteiger partial charge < -0.3 is 9.62 Å². The Hall–Kier alpha value is -3.09. The van der Waals surface area contributed by atoms with Crippen LogP contribution in [0.2, 0.25) is 0 Å². The summed E-state index contributed by atoms with van der Waals surface area (Å²) in [5, 5.41) is 0. The van der Waals surface area contributed by atoms with Crippen LogP contribution in [0.3, 0.4) is 0 Å². The van der Waals surface area contributed by atoms with Gasteiger partial charge in [0.25, 0.3) is 5.91 Å². The van der Waals surface area contributed by atoms with Crippen molar-refractivity contribution >= 4 is 34.9 Å². The maximum absolute atomic E-state index is 12.1. The molecule has 0 atom stereocenters. The average molecular weight is 430 g/mol. The van der Waals surface area contributed by atoms with E-state index in [1.54, 1.807) is 28.2 Å². The molecule has 0 unspecified atom stereocenters. The molecule has 0 aliphatic carbocycles. The molecule has 4 nitrogen and oxygen atoms in total. The zero-order chi connectivity index (χ0) is 20.5. The monoisotopic (exact) mass is 429 g/mol. The Bertz CT molecular complexity index is 1220. The highest BCUT2D eigenvalue weighted by molar-refractivity contribution is 8.00. The van der Waals surface area contributed by atoms with Crippen molar-refractivity contribution in [1.82, 2.24) is 9.88 Å². The summed E-state index contributed by atoms with van der Waals surface area (Å²) in [4.78, 5) is 21.8. The minimum absolute atomic E-state index is 0.104. The molecule has 1 amide bonds. The minimum Gasteiger partial charge on any atom is -0.337 e. The number of aromatic nitrogens is 1. The Morgan fingerprint density at radius 3 is 2.60 bits per heavy atom. The van der Waals surface area contributed by atoms with E-state index in [0.717, 1.165) is 32.8 Å². The second-order valence-electron chi connectivity index (χ2n) is 7.18. The molecule has 148 valence electrons. The van der Waals surface area contributed by atoms with Crippen molar-refractivity contribution in [3.63, 3.8) is 0 Å². The summed E-state index contributed by atoms with van der Waals surface area (Å²) in [6.07, 6.45) is 3.73. The summed E-state index contributed by atoms with van der Waals surface area (Å²) < 4.78 is 3.37. The molecule has 0 spiro atoms. The van der Waals surface area contributed by atoms with Crippen molar-refractivity contribution in [3.05, 3.63) is 90.3 Å². The molecule has 1 N–H and O–H groups in total. The molecule has 0 saturated heterocycles. The van der Waals surface area contributed by atoms with Crippen LogP contribution in [0, 0.1) is 0 Å². The quantitative estimate of drug-likeness (QED) is 0.385. The number of anilines is 1. The average Bonchev–Trinajstić information content (AvgIpc) is 3.38. The van der Waals surface area contributed by atoms with Crippen LogP contribution in [0.1, 0.15) is 15.9 Å². The molecule has 30 heavy (non-hydrogen) atoms. The van der Waals surface area contributed by atoms with E-state index in [1.807, 2.05) is 49.8 Å². The molecule has 3 heterocycles. The van der Waals surface area contributed by atoms with Gasteiger partial charge >= 0.3 is 0 Å². The number of hydrogen-bond donors (Lipinski definition) is 1. The number of carbonyl (C=O) groups excluding carboxylic acids is 1. The van der Waals surface area contributed by atoms with Gasteiger partial charge in [0, 0.05) is 45.6 Å². The van der Waals surface area contributed by atoms with Crippen molar-refractivity contribution in [2.75, 3.05) is 11.8 Å². The molecule has 4 aromatic rings. The second-order valence-corrected chi connectivity index (χ2v) is 9.14. The number of benzene rings is 2. The van der Waals surface area contributed by atoms with Crippen LogP contribution < -0.4 is 4.72 Å². The van der Waals surface area contributed by atoms with Crippen LogP contribution in [0.5, 0.6) is 0 Å². The first-order valence-electron chi connectivity index (χ1n) is 9.59. The number of fused-ring (bicyclic) bond motifs is 1. The second kappa shape index (κ2) is 7.97. The van der Waals surface area contributed by atoms with Crippen LogP contribution in [-0.2, 0) is 6.54 Å². The van der Waals surface area contributed by atoms with Gasteiger partial charge in [0.15, 0.2) is 0 Å². The van der Waals surface area contributed by atoms with Gasteiger partial charge in [-0.2, -0.15) is 0 Å². The first-order chi connectivity index (χ1) is 14.7. The first-order valence-corrected chi connectivity index (χ1v) is 11.2. The molecule has 0 radical (unpaired) electrons. The summed E-state index contributed by atoms with van der Waals surface area (Å²) in [5.41, 5.74) is 5.11. The molecule has 2 aromatic heterocycles. The first kappa shape index (κ1) is 18.9. The number of rotatable bonds is 5. The van der Waals surface area contributed by atoms with E-state index in [9.17, 15) is 4.79 Å². The van der Waals surface area contributed by atoms with Crippen LogP contribution in [0.4, 0.5) is 5.69 Å². The van der Waals surface area contributed by atoms with Crippen molar-refractivity contribution in [2.45, 2.75) is 11.4 Å². The lowest BCUT2D eigenvalue weighted by Crippen LogP contribution is -2.17. The number of hydrogen-bond acceptors (Lipinski definition) is 5. The van der Waals surface area contributed by atoms with Gasteiger partial charge in [0.05, 0.1) is 11.9 Å².